The largest absolute Gasteiger partial charge is 0.312 e. The molecule has 0 spiro atoms. The van der Waals surface area contributed by atoms with Crippen molar-refractivity contribution >= 4 is 40.3 Å². The molecule has 0 atom stereocenters. The molecule has 0 aliphatic heterocycles. The number of H-pyrrole nitrogens is 1. The van der Waals surface area contributed by atoms with Crippen LogP contribution in [-0.2, 0) is 18.9 Å². The van der Waals surface area contributed by atoms with Crippen LogP contribution in [0.4, 0.5) is 0 Å². The summed E-state index contributed by atoms with van der Waals surface area (Å²) < 4.78 is 45.6. The summed E-state index contributed by atoms with van der Waals surface area (Å²) in [6.45, 7) is 0. The van der Waals surface area contributed by atoms with Crippen molar-refractivity contribution in [3.8, 4) is 0 Å². The third-order valence-corrected chi connectivity index (χ3v) is 5.70. The van der Waals surface area contributed by atoms with Crippen molar-refractivity contribution in [3.05, 3.63) is 40.7 Å². The highest BCUT2D eigenvalue weighted by atomic mass is 35.7. The van der Waals surface area contributed by atoms with Crippen molar-refractivity contribution < 1.29 is 16.8 Å². The first kappa shape index (κ1) is 15.0. The fourth-order valence-electron chi connectivity index (χ4n) is 1.67. The first-order valence-corrected chi connectivity index (χ1v) is 9.59. The van der Waals surface area contributed by atoms with E-state index in [1.165, 1.54) is 6.07 Å². The van der Waals surface area contributed by atoms with E-state index < -0.39 is 36.0 Å². The molecule has 0 bridgehead atoms. The number of aromatic nitrogens is 1. The Hall–Kier alpha value is -1.38. The molecule has 20 heavy (non-hydrogen) atoms. The van der Waals surface area contributed by atoms with E-state index in [9.17, 15) is 21.6 Å². The minimum absolute atomic E-state index is 0.318. The molecule has 0 saturated heterocycles. The summed E-state index contributed by atoms with van der Waals surface area (Å²) in [6.07, 6.45) is 0. The van der Waals surface area contributed by atoms with E-state index in [0.29, 0.717) is 10.8 Å². The smallest absolute Gasteiger partial charge is 0.256 e. The highest BCUT2D eigenvalue weighted by molar-refractivity contribution is 8.14. The minimum Gasteiger partial charge on any atom is -0.312 e. The van der Waals surface area contributed by atoms with Crippen LogP contribution in [0.5, 0.6) is 0 Å². The molecule has 2 rings (SSSR count). The van der Waals surface area contributed by atoms with E-state index in [1.807, 2.05) is 0 Å². The van der Waals surface area contributed by atoms with Gasteiger partial charge < -0.3 is 4.98 Å². The fraction of sp³-hybridized carbons (Fsp3) is 0.182. The number of halogens is 1. The van der Waals surface area contributed by atoms with Crippen LogP contribution in [0.1, 0.15) is 0 Å². The molecule has 1 aromatic heterocycles. The Balaban J connectivity index is 2.50. The molecule has 0 saturated carbocycles. The number of sulfone groups is 1. The van der Waals surface area contributed by atoms with Crippen molar-refractivity contribution in [2.75, 3.05) is 11.5 Å². The molecule has 1 N–H and O–H groups in total. The van der Waals surface area contributed by atoms with Crippen molar-refractivity contribution in [3.63, 3.8) is 0 Å². The van der Waals surface area contributed by atoms with Gasteiger partial charge in [0.1, 0.15) is 5.03 Å². The summed E-state index contributed by atoms with van der Waals surface area (Å²) in [5.41, 5.74) is -0.546. The van der Waals surface area contributed by atoms with E-state index in [2.05, 4.69) is 4.98 Å². The Kier molecular flexibility index (Phi) is 3.90. The maximum Gasteiger partial charge on any atom is 0.256 e. The van der Waals surface area contributed by atoms with Gasteiger partial charge in [0.2, 0.25) is 9.05 Å². The van der Waals surface area contributed by atoms with Gasteiger partial charge in [0, 0.05) is 16.1 Å². The number of hydrogen-bond donors (Lipinski definition) is 1. The van der Waals surface area contributed by atoms with Crippen molar-refractivity contribution in [1.29, 1.82) is 0 Å². The van der Waals surface area contributed by atoms with Gasteiger partial charge in [-0.2, -0.15) is 0 Å². The van der Waals surface area contributed by atoms with Gasteiger partial charge in [-0.25, -0.2) is 16.8 Å². The molecule has 108 valence electrons. The average molecular weight is 336 g/mol. The van der Waals surface area contributed by atoms with Crippen LogP contribution in [0.15, 0.2) is 40.2 Å². The van der Waals surface area contributed by atoms with Crippen LogP contribution in [0.2, 0.25) is 0 Å². The Morgan fingerprint density at radius 2 is 1.70 bits per heavy atom. The quantitative estimate of drug-likeness (QED) is 0.835. The number of fused-ring (bicyclic) bond motifs is 1. The van der Waals surface area contributed by atoms with Gasteiger partial charge in [0.15, 0.2) is 9.84 Å². The van der Waals surface area contributed by atoms with Gasteiger partial charge in [0.25, 0.3) is 5.56 Å². The molecule has 2 aromatic rings. The topological polar surface area (TPSA) is 101 Å². The molecule has 0 unspecified atom stereocenters. The minimum atomic E-state index is -3.93. The van der Waals surface area contributed by atoms with Gasteiger partial charge in [-0.3, -0.25) is 4.79 Å². The third-order valence-electron chi connectivity index (χ3n) is 2.66. The lowest BCUT2D eigenvalue weighted by molar-refractivity contribution is 0.589. The summed E-state index contributed by atoms with van der Waals surface area (Å²) in [5, 5.41) is 0.501. The predicted molar refractivity (Wildman–Crippen MR) is 76.3 cm³/mol. The van der Waals surface area contributed by atoms with Crippen LogP contribution in [0.3, 0.4) is 0 Å². The first-order valence-electron chi connectivity index (χ1n) is 5.46. The molecule has 0 aliphatic carbocycles. The number of pyridine rings is 1. The molecule has 0 aliphatic rings. The summed E-state index contributed by atoms with van der Waals surface area (Å²) in [6, 6.07) is 7.79. The number of aromatic amines is 1. The molecule has 1 aromatic carbocycles. The normalized spacial score (nSPS) is 12.7. The van der Waals surface area contributed by atoms with Crippen LogP contribution >= 0.6 is 10.7 Å². The van der Waals surface area contributed by atoms with E-state index >= 15 is 0 Å². The lowest BCUT2D eigenvalue weighted by Crippen LogP contribution is -2.19. The molecule has 6 nitrogen and oxygen atoms in total. The number of rotatable bonds is 4. The summed E-state index contributed by atoms with van der Waals surface area (Å²) in [7, 11) is -2.85. The Morgan fingerprint density at radius 1 is 1.05 bits per heavy atom. The van der Waals surface area contributed by atoms with Gasteiger partial charge in [-0.1, -0.05) is 18.2 Å². The Bertz CT molecular complexity index is 915. The van der Waals surface area contributed by atoms with Gasteiger partial charge in [0.05, 0.1) is 11.5 Å². The zero-order valence-corrected chi connectivity index (χ0v) is 12.4. The van der Waals surface area contributed by atoms with Gasteiger partial charge >= 0.3 is 0 Å². The molecule has 9 heteroatoms. The van der Waals surface area contributed by atoms with E-state index in [-0.39, 0.29) is 5.03 Å². The number of hydrogen-bond acceptors (Lipinski definition) is 5. The second-order valence-corrected chi connectivity index (χ2v) is 9.09. The molecular weight excluding hydrogens is 326 g/mol. The average Bonchev–Trinajstić information content (AvgIpc) is 2.36. The lowest BCUT2D eigenvalue weighted by atomic mass is 10.2. The zero-order chi connectivity index (χ0) is 15.0. The predicted octanol–water partition coefficient (Wildman–Crippen LogP) is 0.870. The van der Waals surface area contributed by atoms with Gasteiger partial charge in [-0.15, -0.1) is 0 Å². The highest BCUT2D eigenvalue weighted by Gasteiger charge is 2.20. The SMILES string of the molecule is O=c1[nH]c(S(=O)(=O)CCS(=O)(=O)Cl)cc2ccccc12. The Morgan fingerprint density at radius 3 is 2.35 bits per heavy atom. The standard InChI is InChI=1S/C11H10ClNO5S2/c12-20(17,18)6-5-19(15,16)10-7-8-3-1-2-4-9(8)11(14)13-10/h1-4,7H,5-6H2,(H,13,14). The van der Waals surface area contributed by atoms with Crippen LogP contribution in [-0.4, -0.2) is 33.3 Å². The molecule has 1 heterocycles. The van der Waals surface area contributed by atoms with Crippen molar-refractivity contribution in [2.24, 2.45) is 0 Å². The van der Waals surface area contributed by atoms with Crippen LogP contribution in [0, 0.1) is 0 Å². The Labute approximate surface area is 119 Å². The molecule has 0 radical (unpaired) electrons. The zero-order valence-electron chi connectivity index (χ0n) is 10.0. The van der Waals surface area contributed by atoms with Gasteiger partial charge in [-0.05, 0) is 17.5 Å². The number of benzene rings is 1. The monoisotopic (exact) mass is 335 g/mol. The van der Waals surface area contributed by atoms with Crippen molar-refractivity contribution in [2.45, 2.75) is 5.03 Å². The number of nitrogens with one attached hydrogen (secondary N) is 1. The summed E-state index contributed by atoms with van der Waals surface area (Å²) >= 11 is 0. The van der Waals surface area contributed by atoms with Crippen molar-refractivity contribution in [1.82, 2.24) is 4.98 Å². The third kappa shape index (κ3) is 3.38. The maximum atomic E-state index is 12.0. The summed E-state index contributed by atoms with van der Waals surface area (Å²) in [5.74, 6) is -1.40. The highest BCUT2D eigenvalue weighted by Crippen LogP contribution is 2.15. The second-order valence-electron chi connectivity index (χ2n) is 4.11. The second kappa shape index (κ2) is 5.19. The molecule has 0 amide bonds. The van der Waals surface area contributed by atoms with E-state index in [1.54, 1.807) is 24.3 Å². The van der Waals surface area contributed by atoms with E-state index in [4.69, 9.17) is 10.7 Å². The summed E-state index contributed by atoms with van der Waals surface area (Å²) in [4.78, 5) is 14.0. The lowest BCUT2D eigenvalue weighted by Gasteiger charge is -2.04. The van der Waals surface area contributed by atoms with Crippen LogP contribution in [0.25, 0.3) is 10.8 Å². The maximum absolute atomic E-state index is 12.0. The van der Waals surface area contributed by atoms with Crippen LogP contribution < -0.4 is 5.56 Å². The fourth-order valence-corrected chi connectivity index (χ4v) is 4.69. The molecular formula is C11H10ClNO5S2. The first-order chi connectivity index (χ1) is 9.19. The molecule has 0 fully saturated rings. The van der Waals surface area contributed by atoms with E-state index in [0.717, 1.165) is 0 Å².